The van der Waals surface area contributed by atoms with E-state index in [2.05, 4.69) is 11.1 Å². The number of aromatic nitrogens is 1. The van der Waals surface area contributed by atoms with Gasteiger partial charge in [0, 0.05) is 25.9 Å². The number of methoxy groups -OCH3 is 1. The molecular weight excluding hydrogens is 258 g/mol. The lowest BCUT2D eigenvalue weighted by atomic mass is 10.2. The maximum Gasteiger partial charge on any atom is 0.335 e. The molecule has 108 valence electrons. The molecule has 0 atom stereocenters. The second kappa shape index (κ2) is 8.12. The second-order valence-electron chi connectivity index (χ2n) is 4.25. The molecule has 0 radical (unpaired) electrons. The molecule has 6 heteroatoms. The number of ether oxygens (including phenoxy) is 1. The van der Waals surface area contributed by atoms with Gasteiger partial charge in [0.25, 0.3) is 0 Å². The van der Waals surface area contributed by atoms with Gasteiger partial charge in [-0.3, -0.25) is 0 Å². The summed E-state index contributed by atoms with van der Waals surface area (Å²) in [5.41, 5.74) is 0.936. The number of aromatic carboxylic acids is 1. The van der Waals surface area contributed by atoms with Crippen LogP contribution in [0, 0.1) is 11.3 Å². The third-order valence-corrected chi connectivity index (χ3v) is 2.86. The van der Waals surface area contributed by atoms with E-state index < -0.39 is 5.97 Å². The average Bonchev–Trinajstić information content (AvgIpc) is 2.46. The maximum atomic E-state index is 11.1. The maximum absolute atomic E-state index is 11.1. The molecule has 0 bridgehead atoms. The van der Waals surface area contributed by atoms with Gasteiger partial charge in [0.05, 0.1) is 24.7 Å². The zero-order chi connectivity index (χ0) is 15.0. The molecule has 1 aromatic rings. The fourth-order valence-electron chi connectivity index (χ4n) is 1.77. The highest BCUT2D eigenvalue weighted by atomic mass is 16.5. The van der Waals surface area contributed by atoms with Crippen molar-refractivity contribution in [3.8, 4) is 6.07 Å². The molecule has 1 N–H and O–H groups in total. The number of carbonyl (C=O) groups is 1. The van der Waals surface area contributed by atoms with Crippen LogP contribution in [-0.2, 0) is 11.2 Å². The molecule has 1 aromatic heterocycles. The van der Waals surface area contributed by atoms with Crippen LogP contribution in [0.2, 0.25) is 0 Å². The Morgan fingerprint density at radius 3 is 2.80 bits per heavy atom. The van der Waals surface area contributed by atoms with Crippen LogP contribution in [-0.4, -0.2) is 42.9 Å². The van der Waals surface area contributed by atoms with Crippen molar-refractivity contribution in [3.63, 3.8) is 0 Å². The highest BCUT2D eigenvalue weighted by Crippen LogP contribution is 2.16. The summed E-state index contributed by atoms with van der Waals surface area (Å²) in [6.45, 7) is 3.48. The monoisotopic (exact) mass is 277 g/mol. The molecule has 0 saturated heterocycles. The standard InChI is InChI=1S/C14H19N3O3/c1-3-12-9-11(14(18)19)10-13(16-12)17(6-4-5-15)7-8-20-2/h9-10H,3-4,6-8H2,1-2H3,(H,18,19). The Bertz CT molecular complexity index is 497. The van der Waals surface area contributed by atoms with Gasteiger partial charge in [-0.05, 0) is 18.6 Å². The first-order valence-electron chi connectivity index (χ1n) is 6.47. The van der Waals surface area contributed by atoms with Gasteiger partial charge in [0.1, 0.15) is 5.82 Å². The molecule has 6 nitrogen and oxygen atoms in total. The van der Waals surface area contributed by atoms with Gasteiger partial charge in [-0.1, -0.05) is 6.92 Å². The van der Waals surface area contributed by atoms with Gasteiger partial charge in [-0.25, -0.2) is 9.78 Å². The van der Waals surface area contributed by atoms with Crippen LogP contribution in [0.15, 0.2) is 12.1 Å². The van der Waals surface area contributed by atoms with E-state index in [0.29, 0.717) is 38.4 Å². The summed E-state index contributed by atoms with van der Waals surface area (Å²) in [5, 5.41) is 17.8. The van der Waals surface area contributed by atoms with E-state index in [-0.39, 0.29) is 5.56 Å². The van der Waals surface area contributed by atoms with Crippen LogP contribution in [0.3, 0.4) is 0 Å². The molecule has 0 aromatic carbocycles. The van der Waals surface area contributed by atoms with Gasteiger partial charge >= 0.3 is 5.97 Å². The number of aryl methyl sites for hydroxylation is 1. The minimum absolute atomic E-state index is 0.214. The summed E-state index contributed by atoms with van der Waals surface area (Å²) >= 11 is 0. The van der Waals surface area contributed by atoms with Crippen molar-refractivity contribution in [3.05, 3.63) is 23.4 Å². The lowest BCUT2D eigenvalue weighted by Crippen LogP contribution is -2.29. The van der Waals surface area contributed by atoms with E-state index in [1.54, 1.807) is 13.2 Å². The number of hydrogen-bond acceptors (Lipinski definition) is 5. The van der Waals surface area contributed by atoms with Crippen LogP contribution in [0.5, 0.6) is 0 Å². The Kier molecular flexibility index (Phi) is 6.47. The highest BCUT2D eigenvalue weighted by molar-refractivity contribution is 5.88. The Hall–Kier alpha value is -2.13. The Labute approximate surface area is 118 Å². The van der Waals surface area contributed by atoms with Gasteiger partial charge in [0.2, 0.25) is 0 Å². The van der Waals surface area contributed by atoms with Crippen LogP contribution < -0.4 is 4.90 Å². The fraction of sp³-hybridized carbons (Fsp3) is 0.500. The molecule has 0 amide bonds. The van der Waals surface area contributed by atoms with Crippen LogP contribution in [0.25, 0.3) is 0 Å². The minimum atomic E-state index is -0.977. The number of anilines is 1. The predicted molar refractivity (Wildman–Crippen MR) is 74.9 cm³/mol. The van der Waals surface area contributed by atoms with Crippen molar-refractivity contribution in [1.29, 1.82) is 5.26 Å². The first-order chi connectivity index (χ1) is 9.62. The molecule has 0 saturated carbocycles. The number of rotatable bonds is 8. The third-order valence-electron chi connectivity index (χ3n) is 2.86. The summed E-state index contributed by atoms with van der Waals surface area (Å²) in [6.07, 6.45) is 1.01. The number of nitrogens with zero attached hydrogens (tertiary/aromatic N) is 3. The molecule has 0 spiro atoms. The first-order valence-corrected chi connectivity index (χ1v) is 6.47. The lowest BCUT2D eigenvalue weighted by Gasteiger charge is -2.23. The number of hydrogen-bond donors (Lipinski definition) is 1. The van der Waals surface area contributed by atoms with Crippen molar-refractivity contribution < 1.29 is 14.6 Å². The smallest absolute Gasteiger partial charge is 0.335 e. The number of carboxylic acids is 1. The molecule has 0 fully saturated rings. The largest absolute Gasteiger partial charge is 0.478 e. The Morgan fingerprint density at radius 1 is 1.50 bits per heavy atom. The molecule has 0 aliphatic carbocycles. The number of nitriles is 1. The van der Waals surface area contributed by atoms with E-state index in [1.165, 1.54) is 6.07 Å². The predicted octanol–water partition coefficient (Wildman–Crippen LogP) is 1.71. The summed E-state index contributed by atoms with van der Waals surface area (Å²) in [4.78, 5) is 17.5. The van der Waals surface area contributed by atoms with E-state index in [4.69, 9.17) is 15.1 Å². The average molecular weight is 277 g/mol. The van der Waals surface area contributed by atoms with Gasteiger partial charge < -0.3 is 14.7 Å². The quantitative estimate of drug-likeness (QED) is 0.778. The topological polar surface area (TPSA) is 86.5 Å². The SMILES string of the molecule is CCc1cc(C(=O)O)cc(N(CCC#N)CCOC)n1. The first kappa shape index (κ1) is 15.9. The van der Waals surface area contributed by atoms with Crippen LogP contribution in [0.1, 0.15) is 29.4 Å². The molecule has 0 unspecified atom stereocenters. The minimum Gasteiger partial charge on any atom is -0.478 e. The number of pyridine rings is 1. The lowest BCUT2D eigenvalue weighted by molar-refractivity contribution is 0.0696. The van der Waals surface area contributed by atoms with Gasteiger partial charge in [-0.15, -0.1) is 0 Å². The van der Waals surface area contributed by atoms with Crippen molar-refractivity contribution in [1.82, 2.24) is 4.98 Å². The van der Waals surface area contributed by atoms with Crippen molar-refractivity contribution in [2.24, 2.45) is 0 Å². The number of carboxylic acid groups (broad SMARTS) is 1. The molecule has 1 heterocycles. The van der Waals surface area contributed by atoms with E-state index in [1.807, 2.05) is 11.8 Å². The summed E-state index contributed by atoms with van der Waals surface area (Å²) in [5.74, 6) is -0.399. The fourth-order valence-corrected chi connectivity index (χ4v) is 1.77. The zero-order valence-electron chi connectivity index (χ0n) is 11.8. The normalized spacial score (nSPS) is 10.1. The summed E-state index contributed by atoms with van der Waals surface area (Å²) < 4.78 is 5.04. The summed E-state index contributed by atoms with van der Waals surface area (Å²) in [6, 6.07) is 5.19. The van der Waals surface area contributed by atoms with Crippen molar-refractivity contribution in [2.75, 3.05) is 31.7 Å². The second-order valence-corrected chi connectivity index (χ2v) is 4.25. The molecule has 0 aliphatic rings. The Balaban J connectivity index is 3.06. The van der Waals surface area contributed by atoms with Crippen molar-refractivity contribution >= 4 is 11.8 Å². The molecular formula is C14H19N3O3. The van der Waals surface area contributed by atoms with Gasteiger partial charge in [-0.2, -0.15) is 5.26 Å². The van der Waals surface area contributed by atoms with E-state index in [0.717, 1.165) is 5.69 Å². The Morgan fingerprint density at radius 2 is 2.25 bits per heavy atom. The molecule has 20 heavy (non-hydrogen) atoms. The van der Waals surface area contributed by atoms with E-state index >= 15 is 0 Å². The van der Waals surface area contributed by atoms with Crippen molar-refractivity contribution in [2.45, 2.75) is 19.8 Å². The third kappa shape index (κ3) is 4.52. The van der Waals surface area contributed by atoms with Crippen LogP contribution in [0.4, 0.5) is 5.82 Å². The van der Waals surface area contributed by atoms with Crippen LogP contribution >= 0.6 is 0 Å². The summed E-state index contributed by atoms with van der Waals surface area (Å²) in [7, 11) is 1.60. The zero-order valence-corrected chi connectivity index (χ0v) is 11.8. The highest BCUT2D eigenvalue weighted by Gasteiger charge is 2.13. The van der Waals surface area contributed by atoms with Gasteiger partial charge in [0.15, 0.2) is 0 Å². The molecule has 1 rings (SSSR count). The van der Waals surface area contributed by atoms with E-state index in [9.17, 15) is 4.79 Å². The molecule has 0 aliphatic heterocycles.